The summed E-state index contributed by atoms with van der Waals surface area (Å²) in [7, 11) is 1.32. The molecule has 0 radical (unpaired) electrons. The minimum atomic E-state index is -0.470. The maximum absolute atomic E-state index is 12.9. The number of aromatic nitrogens is 1. The Morgan fingerprint density at radius 3 is 2.55 bits per heavy atom. The monoisotopic (exact) mass is 297 g/mol. The van der Waals surface area contributed by atoms with E-state index in [0.717, 1.165) is 0 Å². The van der Waals surface area contributed by atoms with Gasteiger partial charge in [0.1, 0.15) is 11.6 Å². The second kappa shape index (κ2) is 5.81. The summed E-state index contributed by atoms with van der Waals surface area (Å²) in [6.07, 6.45) is 0. The third-order valence-corrected chi connectivity index (χ3v) is 3.13. The van der Waals surface area contributed by atoms with Crippen molar-refractivity contribution >= 4 is 16.9 Å². The molecule has 0 fully saturated rings. The Bertz CT molecular complexity index is 831. The van der Waals surface area contributed by atoms with Gasteiger partial charge in [0.05, 0.1) is 18.2 Å². The lowest BCUT2D eigenvalue weighted by Gasteiger charge is -2.09. The van der Waals surface area contributed by atoms with Crippen molar-refractivity contribution in [3.05, 3.63) is 66.0 Å². The van der Waals surface area contributed by atoms with Crippen LogP contribution in [-0.4, -0.2) is 18.1 Å². The van der Waals surface area contributed by atoms with Crippen molar-refractivity contribution in [1.29, 1.82) is 0 Å². The minimum absolute atomic E-state index is 0.241. The van der Waals surface area contributed by atoms with Gasteiger partial charge in [0.2, 0.25) is 5.88 Å². The van der Waals surface area contributed by atoms with Gasteiger partial charge in [-0.2, -0.15) is 0 Å². The molecule has 0 aliphatic heterocycles. The van der Waals surface area contributed by atoms with Gasteiger partial charge in [0, 0.05) is 11.5 Å². The first-order valence-electron chi connectivity index (χ1n) is 6.59. The summed E-state index contributed by atoms with van der Waals surface area (Å²) in [5.74, 6) is -0.151. The fraction of sp³-hybridized carbons (Fsp3) is 0.0588. The van der Waals surface area contributed by atoms with Crippen molar-refractivity contribution in [1.82, 2.24) is 4.98 Å². The summed E-state index contributed by atoms with van der Waals surface area (Å²) >= 11 is 0. The molecule has 2 aromatic carbocycles. The number of carbonyl (C=O) groups excluding carboxylic acids is 1. The number of benzene rings is 2. The largest absolute Gasteiger partial charge is 0.465 e. The van der Waals surface area contributed by atoms with Crippen LogP contribution >= 0.6 is 0 Å². The van der Waals surface area contributed by atoms with Crippen LogP contribution in [0.1, 0.15) is 10.4 Å². The molecule has 4 nitrogen and oxygen atoms in total. The van der Waals surface area contributed by atoms with E-state index in [4.69, 9.17) is 9.47 Å². The molecule has 0 saturated heterocycles. The fourth-order valence-corrected chi connectivity index (χ4v) is 2.11. The lowest BCUT2D eigenvalue weighted by atomic mass is 10.1. The quantitative estimate of drug-likeness (QED) is 0.687. The predicted molar refractivity (Wildman–Crippen MR) is 79.6 cm³/mol. The zero-order chi connectivity index (χ0) is 15.5. The average Bonchev–Trinajstić information content (AvgIpc) is 2.55. The van der Waals surface area contributed by atoms with Crippen LogP contribution in [0.15, 0.2) is 54.6 Å². The van der Waals surface area contributed by atoms with Gasteiger partial charge in [-0.25, -0.2) is 14.2 Å². The number of hydrogen-bond acceptors (Lipinski definition) is 4. The topological polar surface area (TPSA) is 48.4 Å². The van der Waals surface area contributed by atoms with Crippen molar-refractivity contribution in [2.45, 2.75) is 0 Å². The van der Waals surface area contributed by atoms with Gasteiger partial charge in [-0.15, -0.1) is 0 Å². The molecular weight excluding hydrogens is 285 g/mol. The molecule has 0 aliphatic carbocycles. The predicted octanol–water partition coefficient (Wildman–Crippen LogP) is 3.95. The molecular formula is C17H12FNO3. The second-order valence-corrected chi connectivity index (χ2v) is 4.57. The molecule has 3 aromatic rings. The van der Waals surface area contributed by atoms with E-state index in [-0.39, 0.29) is 11.7 Å². The molecule has 0 atom stereocenters. The number of pyridine rings is 1. The van der Waals surface area contributed by atoms with Gasteiger partial charge < -0.3 is 9.47 Å². The van der Waals surface area contributed by atoms with E-state index >= 15 is 0 Å². The van der Waals surface area contributed by atoms with Crippen LogP contribution < -0.4 is 4.74 Å². The molecule has 0 amide bonds. The van der Waals surface area contributed by atoms with Gasteiger partial charge in [-0.05, 0) is 30.3 Å². The number of fused-ring (bicyclic) bond motifs is 1. The van der Waals surface area contributed by atoms with Gasteiger partial charge in [0.15, 0.2) is 0 Å². The van der Waals surface area contributed by atoms with E-state index in [1.165, 1.54) is 37.4 Å². The van der Waals surface area contributed by atoms with Crippen LogP contribution in [0.3, 0.4) is 0 Å². The summed E-state index contributed by atoms with van der Waals surface area (Å²) in [6.45, 7) is 0. The van der Waals surface area contributed by atoms with Gasteiger partial charge in [-0.1, -0.05) is 18.2 Å². The number of halogens is 1. The van der Waals surface area contributed by atoms with Crippen LogP contribution in [-0.2, 0) is 4.74 Å². The Labute approximate surface area is 126 Å². The highest BCUT2D eigenvalue weighted by Crippen LogP contribution is 2.26. The number of nitrogens with zero attached hydrogens (tertiary/aromatic N) is 1. The molecule has 3 rings (SSSR count). The van der Waals surface area contributed by atoms with Gasteiger partial charge >= 0.3 is 5.97 Å². The Morgan fingerprint density at radius 2 is 1.82 bits per heavy atom. The lowest BCUT2D eigenvalue weighted by Crippen LogP contribution is -2.03. The highest BCUT2D eigenvalue weighted by molar-refractivity contribution is 6.03. The van der Waals surface area contributed by atoms with E-state index < -0.39 is 5.97 Å². The minimum Gasteiger partial charge on any atom is -0.465 e. The number of esters is 1. The smallest absolute Gasteiger partial charge is 0.338 e. The fourth-order valence-electron chi connectivity index (χ4n) is 2.11. The van der Waals surface area contributed by atoms with E-state index in [0.29, 0.717) is 22.2 Å². The van der Waals surface area contributed by atoms with Crippen LogP contribution in [0.25, 0.3) is 10.9 Å². The molecule has 0 unspecified atom stereocenters. The summed E-state index contributed by atoms with van der Waals surface area (Å²) in [5, 5.41) is 0.681. The first kappa shape index (κ1) is 14.0. The molecule has 22 heavy (non-hydrogen) atoms. The van der Waals surface area contributed by atoms with Crippen molar-refractivity contribution in [3.8, 4) is 11.6 Å². The Kier molecular flexibility index (Phi) is 3.70. The van der Waals surface area contributed by atoms with E-state index in [2.05, 4.69) is 4.98 Å². The Morgan fingerprint density at radius 1 is 1.09 bits per heavy atom. The maximum atomic E-state index is 12.9. The molecule has 1 aromatic heterocycles. The zero-order valence-corrected chi connectivity index (χ0v) is 11.7. The number of methoxy groups -OCH3 is 1. The molecule has 0 N–H and O–H groups in total. The molecule has 1 heterocycles. The van der Waals surface area contributed by atoms with Crippen LogP contribution in [0.4, 0.5) is 4.39 Å². The summed E-state index contributed by atoms with van der Waals surface area (Å²) in [5.41, 5.74) is 0.979. The SMILES string of the molecule is COC(=O)c1cc(Oc2ccc(F)cc2)nc2ccccc12. The summed E-state index contributed by atoms with van der Waals surface area (Å²) in [6, 6.07) is 14.3. The number of rotatable bonds is 3. The van der Waals surface area contributed by atoms with Crippen molar-refractivity contribution in [3.63, 3.8) is 0 Å². The van der Waals surface area contributed by atoms with Crippen molar-refractivity contribution in [2.24, 2.45) is 0 Å². The first-order chi connectivity index (χ1) is 10.7. The number of ether oxygens (including phenoxy) is 2. The molecule has 0 bridgehead atoms. The standard InChI is InChI=1S/C17H12FNO3/c1-21-17(20)14-10-16(19-15-5-3-2-4-13(14)15)22-12-8-6-11(18)7-9-12/h2-10H,1H3. The second-order valence-electron chi connectivity index (χ2n) is 4.57. The van der Waals surface area contributed by atoms with Crippen molar-refractivity contribution in [2.75, 3.05) is 7.11 Å². The third-order valence-electron chi connectivity index (χ3n) is 3.13. The molecule has 0 spiro atoms. The lowest BCUT2D eigenvalue weighted by molar-refractivity contribution is 0.0602. The first-order valence-corrected chi connectivity index (χ1v) is 6.59. The van der Waals surface area contributed by atoms with Crippen LogP contribution in [0.5, 0.6) is 11.6 Å². The normalized spacial score (nSPS) is 10.5. The maximum Gasteiger partial charge on any atom is 0.338 e. The molecule has 0 saturated carbocycles. The summed E-state index contributed by atoms with van der Waals surface area (Å²) < 4.78 is 23.3. The van der Waals surface area contributed by atoms with E-state index in [9.17, 15) is 9.18 Å². The number of carbonyl (C=O) groups is 1. The van der Waals surface area contributed by atoms with E-state index in [1.807, 2.05) is 12.1 Å². The highest BCUT2D eigenvalue weighted by atomic mass is 19.1. The molecule has 5 heteroatoms. The highest BCUT2D eigenvalue weighted by Gasteiger charge is 2.14. The Balaban J connectivity index is 2.06. The summed E-state index contributed by atoms with van der Waals surface area (Å²) in [4.78, 5) is 16.3. The zero-order valence-electron chi connectivity index (χ0n) is 11.7. The molecule has 0 aliphatic rings. The van der Waals surface area contributed by atoms with Crippen LogP contribution in [0.2, 0.25) is 0 Å². The van der Waals surface area contributed by atoms with E-state index in [1.54, 1.807) is 12.1 Å². The number of para-hydroxylation sites is 1. The van der Waals surface area contributed by atoms with Crippen LogP contribution in [0, 0.1) is 5.82 Å². The number of hydrogen-bond donors (Lipinski definition) is 0. The van der Waals surface area contributed by atoms with Gasteiger partial charge in [0.25, 0.3) is 0 Å². The Hall–Kier alpha value is -2.95. The van der Waals surface area contributed by atoms with Crippen molar-refractivity contribution < 1.29 is 18.7 Å². The average molecular weight is 297 g/mol. The molecule has 110 valence electrons. The third kappa shape index (κ3) is 2.74. The van der Waals surface area contributed by atoms with Gasteiger partial charge in [-0.3, -0.25) is 0 Å².